The molecule has 9 heteroatoms. The van der Waals surface area contributed by atoms with E-state index in [-0.39, 0.29) is 11.7 Å². The van der Waals surface area contributed by atoms with Crippen molar-refractivity contribution in [2.45, 2.75) is 25.9 Å². The van der Waals surface area contributed by atoms with Crippen LogP contribution in [-0.4, -0.2) is 36.0 Å². The zero-order chi connectivity index (χ0) is 20.8. The first-order valence-electron chi connectivity index (χ1n) is 8.96. The summed E-state index contributed by atoms with van der Waals surface area (Å²) in [6.07, 6.45) is -1.88. The summed E-state index contributed by atoms with van der Waals surface area (Å²) in [5.74, 6) is 0.931. The number of alkyl halides is 2. The molecule has 3 rings (SSSR count). The molecule has 0 atom stereocenters. The Morgan fingerprint density at radius 1 is 1.31 bits per heavy atom. The Balaban J connectivity index is 1.79. The largest absolute Gasteiger partial charge is 0.488 e. The molecule has 150 valence electrons. The van der Waals surface area contributed by atoms with E-state index in [0.29, 0.717) is 43.2 Å². The van der Waals surface area contributed by atoms with Gasteiger partial charge in [0.1, 0.15) is 35.9 Å². The highest BCUT2D eigenvalue weighted by molar-refractivity contribution is 6.30. The second-order valence-electron chi connectivity index (χ2n) is 6.52. The van der Waals surface area contributed by atoms with Gasteiger partial charge in [-0.2, -0.15) is 10.5 Å². The molecular formula is C20H18ClF2N5O. The number of ether oxygens (including phenoxy) is 1. The third-order valence-corrected chi connectivity index (χ3v) is 4.83. The number of benzene rings is 1. The molecule has 0 amide bonds. The molecule has 29 heavy (non-hydrogen) atoms. The fraction of sp³-hybridized carbons (Fsp3) is 0.350. The molecule has 0 saturated heterocycles. The second-order valence-corrected chi connectivity index (χ2v) is 6.87. The topological polar surface area (TPSA) is 85.0 Å². The zero-order valence-corrected chi connectivity index (χ0v) is 16.2. The number of nitrogens with zero attached hydrogens (tertiary/aromatic N) is 4. The smallest absolute Gasteiger partial charge is 0.272 e. The Bertz CT molecular complexity index is 971. The minimum Gasteiger partial charge on any atom is -0.488 e. The van der Waals surface area contributed by atoms with E-state index >= 15 is 0 Å². The highest BCUT2D eigenvalue weighted by Gasteiger charge is 2.25. The van der Waals surface area contributed by atoms with Crippen LogP contribution in [0.5, 0.6) is 5.75 Å². The highest BCUT2D eigenvalue weighted by atomic mass is 35.5. The summed E-state index contributed by atoms with van der Waals surface area (Å²) in [4.78, 5) is 6.37. The fourth-order valence-electron chi connectivity index (χ4n) is 3.33. The van der Waals surface area contributed by atoms with Gasteiger partial charge >= 0.3 is 0 Å². The van der Waals surface area contributed by atoms with Crippen molar-refractivity contribution in [3.8, 4) is 17.9 Å². The summed E-state index contributed by atoms with van der Waals surface area (Å²) in [7, 11) is 0. The van der Waals surface area contributed by atoms with E-state index in [1.807, 2.05) is 12.1 Å². The van der Waals surface area contributed by atoms with E-state index in [4.69, 9.17) is 21.6 Å². The average Bonchev–Trinajstić information content (AvgIpc) is 2.70. The van der Waals surface area contributed by atoms with Crippen molar-refractivity contribution in [1.82, 2.24) is 9.88 Å². The zero-order valence-electron chi connectivity index (χ0n) is 15.5. The predicted octanol–water partition coefficient (Wildman–Crippen LogP) is 3.74. The molecule has 0 radical (unpaired) electrons. The monoisotopic (exact) mass is 417 g/mol. The Morgan fingerprint density at radius 3 is 2.86 bits per heavy atom. The summed E-state index contributed by atoms with van der Waals surface area (Å²) in [6, 6.07) is 11.2. The summed E-state index contributed by atoms with van der Waals surface area (Å²) < 4.78 is 29.8. The number of halogens is 3. The lowest BCUT2D eigenvalue weighted by atomic mass is 9.96. The van der Waals surface area contributed by atoms with E-state index in [1.54, 1.807) is 18.2 Å². The van der Waals surface area contributed by atoms with Crippen molar-refractivity contribution in [1.29, 1.82) is 10.5 Å². The van der Waals surface area contributed by atoms with Crippen molar-refractivity contribution in [3.63, 3.8) is 0 Å². The van der Waals surface area contributed by atoms with Gasteiger partial charge in [-0.3, -0.25) is 4.90 Å². The van der Waals surface area contributed by atoms with Gasteiger partial charge in [-0.15, -0.1) is 0 Å². The van der Waals surface area contributed by atoms with Crippen LogP contribution in [0.4, 0.5) is 14.6 Å². The van der Waals surface area contributed by atoms with Crippen LogP contribution in [0.25, 0.3) is 0 Å². The Kier molecular flexibility index (Phi) is 6.82. The Hall–Kier alpha value is -2.94. The molecule has 0 unspecified atom stereocenters. The third-order valence-electron chi connectivity index (χ3n) is 4.56. The standard InChI is InChI=1S/C20H18ClF2N5O/c21-19-16(9-25)17-11-28(7-4-15(17)20(27-19)26-6-5-24)10-13-2-1-3-14(8-13)29-12-18(22)23/h1-3,8,18H,4,6-7,10-12H2,(H,26,27). The van der Waals surface area contributed by atoms with Crippen LogP contribution in [0.15, 0.2) is 24.3 Å². The third kappa shape index (κ3) is 5.11. The number of aromatic nitrogens is 1. The number of nitrogens with one attached hydrogen (secondary N) is 1. The molecule has 0 bridgehead atoms. The predicted molar refractivity (Wildman–Crippen MR) is 104 cm³/mol. The van der Waals surface area contributed by atoms with Crippen LogP contribution in [0, 0.1) is 22.7 Å². The van der Waals surface area contributed by atoms with Crippen molar-refractivity contribution in [3.05, 3.63) is 51.7 Å². The minimum absolute atomic E-state index is 0.0940. The van der Waals surface area contributed by atoms with Crippen LogP contribution >= 0.6 is 11.6 Å². The first-order chi connectivity index (χ1) is 14.0. The number of hydrogen-bond donors (Lipinski definition) is 1. The van der Waals surface area contributed by atoms with Gasteiger partial charge in [0, 0.05) is 25.2 Å². The maximum atomic E-state index is 12.4. The van der Waals surface area contributed by atoms with Crippen LogP contribution in [0.2, 0.25) is 5.15 Å². The molecule has 0 fully saturated rings. The van der Waals surface area contributed by atoms with E-state index < -0.39 is 13.0 Å². The molecule has 2 aromatic rings. The fourth-order valence-corrected chi connectivity index (χ4v) is 3.57. The lowest BCUT2D eigenvalue weighted by Gasteiger charge is -2.30. The molecule has 1 aromatic carbocycles. The van der Waals surface area contributed by atoms with Gasteiger partial charge in [-0.25, -0.2) is 13.8 Å². The number of rotatable bonds is 7. The minimum atomic E-state index is -2.52. The van der Waals surface area contributed by atoms with Crippen LogP contribution < -0.4 is 10.1 Å². The molecular weight excluding hydrogens is 400 g/mol. The van der Waals surface area contributed by atoms with Crippen molar-refractivity contribution < 1.29 is 13.5 Å². The normalized spacial score (nSPS) is 13.4. The van der Waals surface area contributed by atoms with Gasteiger partial charge in [0.15, 0.2) is 0 Å². The number of fused-ring (bicyclic) bond motifs is 1. The molecule has 1 aliphatic rings. The highest BCUT2D eigenvalue weighted by Crippen LogP contribution is 2.32. The number of nitriles is 2. The first kappa shape index (κ1) is 20.8. The maximum absolute atomic E-state index is 12.4. The molecule has 2 heterocycles. The summed E-state index contributed by atoms with van der Waals surface area (Å²) in [5, 5.41) is 21.4. The van der Waals surface area contributed by atoms with Crippen molar-refractivity contribution in [2.24, 2.45) is 0 Å². The van der Waals surface area contributed by atoms with Gasteiger partial charge in [0.05, 0.1) is 11.6 Å². The van der Waals surface area contributed by atoms with Gasteiger partial charge in [0.2, 0.25) is 0 Å². The molecule has 1 aromatic heterocycles. The van der Waals surface area contributed by atoms with Crippen LogP contribution in [0.1, 0.15) is 22.3 Å². The van der Waals surface area contributed by atoms with Crippen molar-refractivity contribution >= 4 is 17.4 Å². The van der Waals surface area contributed by atoms with Gasteiger partial charge in [-0.05, 0) is 29.7 Å². The molecule has 1 N–H and O–H groups in total. The maximum Gasteiger partial charge on any atom is 0.272 e. The van der Waals surface area contributed by atoms with Crippen LogP contribution in [-0.2, 0) is 19.5 Å². The molecule has 0 aliphatic carbocycles. The molecule has 6 nitrogen and oxygen atoms in total. The van der Waals surface area contributed by atoms with Gasteiger partial charge < -0.3 is 10.1 Å². The van der Waals surface area contributed by atoms with Gasteiger partial charge in [0.25, 0.3) is 6.43 Å². The lowest BCUT2D eigenvalue weighted by molar-refractivity contribution is 0.0818. The Labute approximate surface area is 172 Å². The van der Waals surface area contributed by atoms with Crippen LogP contribution in [0.3, 0.4) is 0 Å². The van der Waals surface area contributed by atoms with E-state index in [9.17, 15) is 14.0 Å². The summed E-state index contributed by atoms with van der Waals surface area (Å²) >= 11 is 6.18. The number of hydrogen-bond acceptors (Lipinski definition) is 6. The number of anilines is 1. The molecule has 0 saturated carbocycles. The second kappa shape index (κ2) is 9.51. The van der Waals surface area contributed by atoms with E-state index in [2.05, 4.69) is 21.3 Å². The summed E-state index contributed by atoms with van der Waals surface area (Å²) in [6.45, 7) is 1.22. The van der Waals surface area contributed by atoms with E-state index in [1.165, 1.54) is 0 Å². The SMILES string of the molecule is N#CCNc1nc(Cl)c(C#N)c2c1CCN(Cc1cccc(OCC(F)F)c1)C2. The first-order valence-corrected chi connectivity index (χ1v) is 9.34. The van der Waals surface area contributed by atoms with Gasteiger partial charge in [-0.1, -0.05) is 23.7 Å². The Morgan fingerprint density at radius 2 is 2.14 bits per heavy atom. The average molecular weight is 418 g/mol. The lowest BCUT2D eigenvalue weighted by Crippen LogP contribution is -2.31. The quantitative estimate of drug-likeness (QED) is 0.545. The van der Waals surface area contributed by atoms with Crippen molar-refractivity contribution in [2.75, 3.05) is 25.0 Å². The van der Waals surface area contributed by atoms with E-state index in [0.717, 1.165) is 16.7 Å². The number of pyridine rings is 1. The molecule has 1 aliphatic heterocycles. The summed E-state index contributed by atoms with van der Waals surface area (Å²) in [5.41, 5.74) is 2.94. The molecule has 0 spiro atoms.